The number of phenols is 1. The van der Waals surface area contributed by atoms with Crippen molar-refractivity contribution in [1.82, 2.24) is 9.46 Å². The topological polar surface area (TPSA) is 110 Å². The second-order valence-corrected chi connectivity index (χ2v) is 6.83. The first-order valence-corrected chi connectivity index (χ1v) is 7.64. The van der Waals surface area contributed by atoms with Crippen molar-refractivity contribution >= 4 is 15.7 Å². The van der Waals surface area contributed by atoms with Gasteiger partial charge in [-0.1, -0.05) is 5.16 Å². The lowest BCUT2D eigenvalue weighted by atomic mass is 10.2. The van der Waals surface area contributed by atoms with Crippen molar-refractivity contribution in [2.45, 2.75) is 25.3 Å². The van der Waals surface area contributed by atoms with Crippen molar-refractivity contribution in [1.29, 1.82) is 0 Å². The van der Waals surface area contributed by atoms with Crippen molar-refractivity contribution in [3.8, 4) is 5.75 Å². The number of hydrogen-bond acceptors (Lipinski definition) is 6. The van der Waals surface area contributed by atoms with E-state index < -0.39 is 10.0 Å². The molecule has 0 saturated heterocycles. The Morgan fingerprint density at radius 2 is 2.05 bits per heavy atom. The number of rotatable bonds is 4. The molecule has 8 heteroatoms. The number of aromatic nitrogens is 1. The lowest BCUT2D eigenvalue weighted by molar-refractivity contribution is 0.390. The summed E-state index contributed by atoms with van der Waals surface area (Å²) in [7, 11) is -2.25. The number of phenolic OH excluding ortho intramolecular Hbond substituents is 1. The predicted molar refractivity (Wildman–Crippen MR) is 77.1 cm³/mol. The first-order valence-electron chi connectivity index (χ1n) is 6.20. The first kappa shape index (κ1) is 15.3. The van der Waals surface area contributed by atoms with Gasteiger partial charge in [-0.25, -0.2) is 8.42 Å². The van der Waals surface area contributed by atoms with Crippen LogP contribution in [0.5, 0.6) is 5.75 Å². The summed E-state index contributed by atoms with van der Waals surface area (Å²) in [5.74, 6) is 0.432. The maximum Gasteiger partial charge on any atom is 0.243 e. The summed E-state index contributed by atoms with van der Waals surface area (Å²) in [6.45, 7) is 3.63. The van der Waals surface area contributed by atoms with Gasteiger partial charge in [-0.05, 0) is 32.0 Å². The van der Waals surface area contributed by atoms with Gasteiger partial charge in [0, 0.05) is 19.2 Å². The van der Waals surface area contributed by atoms with Crippen LogP contribution in [0.1, 0.15) is 17.0 Å². The van der Waals surface area contributed by atoms with E-state index in [1.165, 1.54) is 29.6 Å². The molecule has 0 amide bonds. The van der Waals surface area contributed by atoms with Crippen molar-refractivity contribution in [3.05, 3.63) is 35.2 Å². The van der Waals surface area contributed by atoms with Gasteiger partial charge in [0.25, 0.3) is 0 Å². The quantitative estimate of drug-likeness (QED) is 0.652. The number of aryl methyl sites for hydroxylation is 2. The summed E-state index contributed by atoms with van der Waals surface area (Å²) in [6.07, 6.45) is 0. The van der Waals surface area contributed by atoms with Crippen molar-refractivity contribution < 1.29 is 18.0 Å². The molecule has 0 spiro atoms. The van der Waals surface area contributed by atoms with Crippen LogP contribution in [0, 0.1) is 13.8 Å². The summed E-state index contributed by atoms with van der Waals surface area (Å²) in [5, 5.41) is 13.2. The molecule has 0 fully saturated rings. The van der Waals surface area contributed by atoms with Crippen LogP contribution < -0.4 is 5.73 Å². The minimum Gasteiger partial charge on any atom is -0.506 e. The zero-order valence-corrected chi connectivity index (χ0v) is 12.8. The minimum atomic E-state index is -3.72. The molecule has 21 heavy (non-hydrogen) atoms. The van der Waals surface area contributed by atoms with Crippen LogP contribution in [0.25, 0.3) is 0 Å². The molecule has 0 aliphatic rings. The van der Waals surface area contributed by atoms with E-state index in [-0.39, 0.29) is 22.9 Å². The third-order valence-corrected chi connectivity index (χ3v) is 5.07. The molecule has 0 bridgehead atoms. The monoisotopic (exact) mass is 311 g/mol. The van der Waals surface area contributed by atoms with E-state index in [0.717, 1.165) is 5.56 Å². The maximum absolute atomic E-state index is 12.5. The van der Waals surface area contributed by atoms with Gasteiger partial charge in [-0.2, -0.15) is 4.31 Å². The molecule has 0 radical (unpaired) electrons. The van der Waals surface area contributed by atoms with E-state index >= 15 is 0 Å². The fourth-order valence-electron chi connectivity index (χ4n) is 1.91. The average molecular weight is 311 g/mol. The number of anilines is 1. The smallest absolute Gasteiger partial charge is 0.243 e. The number of aromatic hydroxyl groups is 1. The van der Waals surface area contributed by atoms with Gasteiger partial charge in [0.2, 0.25) is 10.0 Å². The van der Waals surface area contributed by atoms with Crippen LogP contribution in [0.2, 0.25) is 0 Å². The van der Waals surface area contributed by atoms with Crippen LogP contribution in [0.3, 0.4) is 0 Å². The first-order chi connectivity index (χ1) is 9.73. The number of nitrogens with zero attached hydrogens (tertiary/aromatic N) is 2. The molecular weight excluding hydrogens is 294 g/mol. The molecule has 1 heterocycles. The van der Waals surface area contributed by atoms with Crippen LogP contribution in [0.15, 0.2) is 27.6 Å². The molecule has 0 aliphatic carbocycles. The lowest BCUT2D eigenvalue weighted by Crippen LogP contribution is -2.27. The molecule has 0 atom stereocenters. The van der Waals surface area contributed by atoms with Gasteiger partial charge in [-0.15, -0.1) is 0 Å². The maximum atomic E-state index is 12.5. The summed E-state index contributed by atoms with van der Waals surface area (Å²) < 4.78 is 31.2. The third-order valence-electron chi connectivity index (χ3n) is 3.27. The van der Waals surface area contributed by atoms with Gasteiger partial charge < -0.3 is 15.4 Å². The van der Waals surface area contributed by atoms with E-state index in [2.05, 4.69) is 5.16 Å². The summed E-state index contributed by atoms with van der Waals surface area (Å²) in [4.78, 5) is 0.0204. The molecule has 1 aromatic heterocycles. The van der Waals surface area contributed by atoms with Gasteiger partial charge >= 0.3 is 0 Å². The molecule has 3 N–H and O–H groups in total. The van der Waals surface area contributed by atoms with Gasteiger partial charge in [0.05, 0.1) is 16.3 Å². The minimum absolute atomic E-state index is 0.0156. The molecule has 0 saturated carbocycles. The van der Waals surface area contributed by atoms with E-state index in [1.807, 2.05) is 0 Å². The molecule has 1 aromatic carbocycles. The predicted octanol–water partition coefficient (Wildman–Crippen LogP) is 1.40. The highest BCUT2D eigenvalue weighted by Gasteiger charge is 2.24. The van der Waals surface area contributed by atoms with E-state index in [1.54, 1.807) is 13.8 Å². The number of hydrogen-bond donors (Lipinski definition) is 2. The Hall–Kier alpha value is -2.06. The Morgan fingerprint density at radius 3 is 2.57 bits per heavy atom. The summed E-state index contributed by atoms with van der Waals surface area (Å²) in [5.41, 5.74) is 6.94. The van der Waals surface area contributed by atoms with Crippen molar-refractivity contribution in [2.24, 2.45) is 0 Å². The van der Waals surface area contributed by atoms with Crippen molar-refractivity contribution in [3.63, 3.8) is 0 Å². The number of nitrogens with two attached hydrogens (primary N) is 1. The Morgan fingerprint density at radius 1 is 1.38 bits per heavy atom. The van der Waals surface area contributed by atoms with Crippen LogP contribution >= 0.6 is 0 Å². The summed E-state index contributed by atoms with van der Waals surface area (Å²) in [6, 6.07) is 3.80. The van der Waals surface area contributed by atoms with Gasteiger partial charge in [0.1, 0.15) is 11.5 Å². The second-order valence-electron chi connectivity index (χ2n) is 4.78. The highest BCUT2D eigenvalue weighted by Crippen LogP contribution is 2.26. The van der Waals surface area contributed by atoms with E-state index in [0.29, 0.717) is 11.5 Å². The molecule has 7 nitrogen and oxygen atoms in total. The lowest BCUT2D eigenvalue weighted by Gasteiger charge is -2.17. The number of sulfonamides is 1. The largest absolute Gasteiger partial charge is 0.506 e. The Labute approximate surface area is 123 Å². The fraction of sp³-hybridized carbons (Fsp3) is 0.308. The molecule has 114 valence electrons. The second kappa shape index (κ2) is 5.38. The van der Waals surface area contributed by atoms with Crippen LogP contribution in [0.4, 0.5) is 5.69 Å². The van der Waals surface area contributed by atoms with E-state index in [4.69, 9.17) is 10.3 Å². The highest BCUT2D eigenvalue weighted by atomic mass is 32.2. The number of benzene rings is 1. The molecule has 0 unspecified atom stereocenters. The van der Waals surface area contributed by atoms with Gasteiger partial charge in [0.15, 0.2) is 0 Å². The van der Waals surface area contributed by atoms with Crippen LogP contribution in [-0.2, 0) is 16.6 Å². The standard InChI is InChI=1S/C13H17N3O4S/c1-8-11(9(2)20-15-8)7-16(3)21(18,19)10-4-5-13(17)12(14)6-10/h4-6,17H,7,14H2,1-3H3. The Bertz CT molecular complexity index is 748. The third kappa shape index (κ3) is 2.86. The normalized spacial score (nSPS) is 12.0. The van der Waals surface area contributed by atoms with Crippen molar-refractivity contribution in [2.75, 3.05) is 12.8 Å². The zero-order chi connectivity index (χ0) is 15.8. The molecule has 0 aliphatic heterocycles. The fourth-order valence-corrected chi connectivity index (χ4v) is 3.08. The molecular formula is C13H17N3O4S. The Balaban J connectivity index is 2.32. The highest BCUT2D eigenvalue weighted by molar-refractivity contribution is 7.89. The number of nitrogen functional groups attached to an aromatic ring is 1. The van der Waals surface area contributed by atoms with Crippen LogP contribution in [-0.4, -0.2) is 30.0 Å². The molecule has 2 aromatic rings. The Kier molecular flexibility index (Phi) is 3.93. The van der Waals surface area contributed by atoms with Gasteiger partial charge in [-0.3, -0.25) is 0 Å². The molecule has 2 rings (SSSR count). The average Bonchev–Trinajstić information content (AvgIpc) is 2.73. The van der Waals surface area contributed by atoms with E-state index in [9.17, 15) is 13.5 Å². The SMILES string of the molecule is Cc1noc(C)c1CN(C)S(=O)(=O)c1ccc(O)c(N)c1. The summed E-state index contributed by atoms with van der Waals surface area (Å²) >= 11 is 0. The zero-order valence-electron chi connectivity index (χ0n) is 12.0.